The highest BCUT2D eigenvalue weighted by molar-refractivity contribution is 5.82. The smallest absolute Gasteiger partial charge is 0.325 e. The first-order chi connectivity index (χ1) is 8.35. The van der Waals surface area contributed by atoms with E-state index in [2.05, 4.69) is 26.1 Å². The Morgan fingerprint density at radius 2 is 1.83 bits per heavy atom. The summed E-state index contributed by atoms with van der Waals surface area (Å²) in [5, 5.41) is 10.7. The van der Waals surface area contributed by atoms with Crippen LogP contribution in [0, 0.1) is 5.41 Å². The Bertz CT molecular complexity index is 258. The van der Waals surface area contributed by atoms with Crippen molar-refractivity contribution in [2.75, 3.05) is 19.8 Å². The fourth-order valence-corrected chi connectivity index (χ4v) is 1.40. The van der Waals surface area contributed by atoms with Gasteiger partial charge >= 0.3 is 5.97 Å². The summed E-state index contributed by atoms with van der Waals surface area (Å²) in [5.41, 5.74) is 0.352. The average molecular weight is 259 g/mol. The molecule has 0 rings (SSSR count). The maximum Gasteiger partial charge on any atom is 0.325 e. The van der Waals surface area contributed by atoms with Crippen molar-refractivity contribution in [3.63, 3.8) is 0 Å². The van der Waals surface area contributed by atoms with Crippen molar-refractivity contribution in [2.45, 2.75) is 46.5 Å². The molecule has 0 radical (unpaired) electrons. The molecule has 106 valence electrons. The zero-order chi connectivity index (χ0) is 14.0. The summed E-state index contributed by atoms with van der Waals surface area (Å²) in [5.74, 6) is -1.04. The Balaban J connectivity index is 3.38. The maximum atomic E-state index is 11.1. The monoisotopic (exact) mass is 259 g/mol. The molecule has 0 unspecified atom stereocenters. The van der Waals surface area contributed by atoms with Crippen LogP contribution in [0.2, 0.25) is 0 Å². The summed E-state index contributed by atoms with van der Waals surface area (Å²) in [4.78, 5) is 21.8. The minimum atomic E-state index is -0.611. The lowest BCUT2D eigenvalue weighted by Crippen LogP contribution is -2.32. The molecule has 0 saturated carbocycles. The normalized spacial score (nSPS) is 11.1. The number of unbranched alkanes of at least 4 members (excludes halogenated alkanes) is 2. The van der Waals surface area contributed by atoms with Crippen LogP contribution in [-0.4, -0.2) is 36.7 Å². The van der Waals surface area contributed by atoms with Crippen LogP contribution in [0.4, 0.5) is 0 Å². The van der Waals surface area contributed by atoms with Crippen LogP contribution in [-0.2, 0) is 14.3 Å². The molecule has 5 heteroatoms. The summed E-state index contributed by atoms with van der Waals surface area (Å²) in [6.45, 7) is 6.21. The highest BCUT2D eigenvalue weighted by Crippen LogP contribution is 2.21. The molecule has 0 saturated heterocycles. The molecule has 5 nitrogen and oxygen atoms in total. The predicted octanol–water partition coefficient (Wildman–Crippen LogP) is 1.24. The van der Waals surface area contributed by atoms with E-state index in [1.165, 1.54) is 0 Å². The van der Waals surface area contributed by atoms with Gasteiger partial charge in [0.05, 0.1) is 6.61 Å². The van der Waals surface area contributed by atoms with E-state index in [-0.39, 0.29) is 6.54 Å². The van der Waals surface area contributed by atoms with Crippen LogP contribution >= 0.6 is 0 Å². The molecule has 0 atom stereocenters. The third-order valence-corrected chi connectivity index (χ3v) is 2.41. The van der Waals surface area contributed by atoms with Crippen molar-refractivity contribution in [3.05, 3.63) is 0 Å². The van der Waals surface area contributed by atoms with Gasteiger partial charge in [-0.05, 0) is 18.3 Å². The van der Waals surface area contributed by atoms with Crippen LogP contribution in [0.5, 0.6) is 0 Å². The highest BCUT2D eigenvalue weighted by Gasteiger charge is 2.09. The molecule has 0 aromatic carbocycles. The van der Waals surface area contributed by atoms with Gasteiger partial charge < -0.3 is 15.2 Å². The molecule has 18 heavy (non-hydrogen) atoms. The van der Waals surface area contributed by atoms with Crippen molar-refractivity contribution in [1.82, 2.24) is 5.32 Å². The number of nitrogens with one attached hydrogen (secondary N) is 1. The molecule has 0 heterocycles. The standard InChI is InChI=1S/C13H25NO4/c1-13(2,3)7-5-4-6-8-18-12(17)9-14-11(16)10-15/h15H,4-10H2,1-3H3,(H,14,16). The molecule has 0 aliphatic carbocycles. The molecular formula is C13H25NO4. The van der Waals surface area contributed by atoms with E-state index in [1.807, 2.05) is 0 Å². The molecule has 0 fully saturated rings. The van der Waals surface area contributed by atoms with Crippen molar-refractivity contribution in [2.24, 2.45) is 5.41 Å². The Morgan fingerprint density at radius 1 is 1.17 bits per heavy atom. The van der Waals surface area contributed by atoms with Crippen molar-refractivity contribution in [1.29, 1.82) is 0 Å². The summed E-state index contributed by atoms with van der Waals surface area (Å²) in [7, 11) is 0. The second kappa shape index (κ2) is 8.91. The van der Waals surface area contributed by atoms with Gasteiger partial charge in [-0.15, -0.1) is 0 Å². The van der Waals surface area contributed by atoms with Crippen molar-refractivity contribution in [3.8, 4) is 0 Å². The lowest BCUT2D eigenvalue weighted by molar-refractivity contribution is -0.144. The first-order valence-corrected chi connectivity index (χ1v) is 6.38. The second-order valence-electron chi connectivity index (χ2n) is 5.53. The van der Waals surface area contributed by atoms with E-state index in [0.717, 1.165) is 25.7 Å². The second-order valence-corrected chi connectivity index (χ2v) is 5.53. The average Bonchev–Trinajstić information content (AvgIpc) is 2.29. The topological polar surface area (TPSA) is 75.6 Å². The van der Waals surface area contributed by atoms with Crippen LogP contribution in [0.25, 0.3) is 0 Å². The van der Waals surface area contributed by atoms with Gasteiger partial charge in [-0.2, -0.15) is 0 Å². The van der Waals surface area contributed by atoms with Gasteiger partial charge in [-0.25, -0.2) is 0 Å². The first kappa shape index (κ1) is 16.9. The lowest BCUT2D eigenvalue weighted by Gasteiger charge is -2.17. The Labute approximate surface area is 109 Å². The van der Waals surface area contributed by atoms with Gasteiger partial charge in [0.1, 0.15) is 13.2 Å². The summed E-state index contributed by atoms with van der Waals surface area (Å²) in [6, 6.07) is 0. The number of ether oxygens (including phenoxy) is 1. The summed E-state index contributed by atoms with van der Waals surface area (Å²) < 4.78 is 4.93. The largest absolute Gasteiger partial charge is 0.464 e. The number of hydrogen-bond donors (Lipinski definition) is 2. The van der Waals surface area contributed by atoms with Crippen molar-refractivity contribution < 1.29 is 19.4 Å². The summed E-state index contributed by atoms with van der Waals surface area (Å²) >= 11 is 0. The van der Waals surface area contributed by atoms with Gasteiger partial charge in [0, 0.05) is 0 Å². The van der Waals surface area contributed by atoms with E-state index in [1.54, 1.807) is 0 Å². The fraction of sp³-hybridized carbons (Fsp3) is 0.846. The zero-order valence-electron chi connectivity index (χ0n) is 11.6. The number of amides is 1. The Kier molecular flexibility index (Phi) is 8.37. The van der Waals surface area contributed by atoms with E-state index in [9.17, 15) is 9.59 Å². The van der Waals surface area contributed by atoms with Crippen LogP contribution < -0.4 is 5.32 Å². The maximum absolute atomic E-state index is 11.1. The molecule has 0 aliphatic heterocycles. The number of aliphatic hydroxyl groups is 1. The first-order valence-electron chi connectivity index (χ1n) is 6.38. The highest BCUT2D eigenvalue weighted by atomic mass is 16.5. The number of hydrogen-bond acceptors (Lipinski definition) is 4. The van der Waals surface area contributed by atoms with Gasteiger partial charge in [-0.3, -0.25) is 9.59 Å². The van der Waals surface area contributed by atoms with E-state index >= 15 is 0 Å². The molecule has 0 aromatic rings. The molecule has 0 aliphatic rings. The third kappa shape index (κ3) is 11.4. The SMILES string of the molecule is CC(C)(C)CCCCCOC(=O)CNC(=O)CO. The predicted molar refractivity (Wildman–Crippen MR) is 69.0 cm³/mol. The zero-order valence-corrected chi connectivity index (χ0v) is 11.6. The van der Waals surface area contributed by atoms with E-state index in [0.29, 0.717) is 12.0 Å². The number of carbonyl (C=O) groups excluding carboxylic acids is 2. The molecule has 0 spiro atoms. The van der Waals surface area contributed by atoms with Crippen LogP contribution in [0.3, 0.4) is 0 Å². The fourth-order valence-electron chi connectivity index (χ4n) is 1.40. The van der Waals surface area contributed by atoms with Crippen LogP contribution in [0.1, 0.15) is 46.5 Å². The number of aliphatic hydroxyl groups excluding tert-OH is 1. The van der Waals surface area contributed by atoms with Gasteiger partial charge in [0.15, 0.2) is 0 Å². The third-order valence-electron chi connectivity index (χ3n) is 2.41. The van der Waals surface area contributed by atoms with Crippen LogP contribution in [0.15, 0.2) is 0 Å². The molecule has 1 amide bonds. The van der Waals surface area contributed by atoms with Gasteiger partial charge in [0.2, 0.25) is 5.91 Å². The lowest BCUT2D eigenvalue weighted by atomic mass is 9.89. The Hall–Kier alpha value is -1.10. The van der Waals surface area contributed by atoms with Crippen molar-refractivity contribution >= 4 is 11.9 Å². The number of rotatable bonds is 8. The van der Waals surface area contributed by atoms with Gasteiger partial charge in [0.25, 0.3) is 0 Å². The number of esters is 1. The minimum absolute atomic E-state index is 0.179. The summed E-state index contributed by atoms with van der Waals surface area (Å²) in [6.07, 6.45) is 4.17. The molecular weight excluding hydrogens is 234 g/mol. The molecule has 0 bridgehead atoms. The van der Waals surface area contributed by atoms with E-state index in [4.69, 9.17) is 9.84 Å². The Morgan fingerprint density at radius 3 is 2.39 bits per heavy atom. The van der Waals surface area contributed by atoms with Gasteiger partial charge in [-0.1, -0.05) is 33.6 Å². The molecule has 0 aromatic heterocycles. The number of carbonyl (C=O) groups is 2. The van der Waals surface area contributed by atoms with E-state index < -0.39 is 18.5 Å². The minimum Gasteiger partial charge on any atom is -0.464 e. The molecule has 2 N–H and O–H groups in total. The quantitative estimate of drug-likeness (QED) is 0.508.